The van der Waals surface area contributed by atoms with Crippen molar-refractivity contribution in [3.63, 3.8) is 0 Å². The zero-order valence-corrected chi connectivity index (χ0v) is 12.8. The van der Waals surface area contributed by atoms with Crippen LogP contribution in [0.3, 0.4) is 0 Å². The zero-order chi connectivity index (χ0) is 14.0. The van der Waals surface area contributed by atoms with Gasteiger partial charge in [-0.05, 0) is 24.2 Å². The van der Waals surface area contributed by atoms with Crippen LogP contribution in [0.25, 0.3) is 0 Å². The number of carbonyl (C=O) groups excluding carboxylic acids is 1. The van der Waals surface area contributed by atoms with Gasteiger partial charge in [-0.3, -0.25) is 4.79 Å². The molecule has 0 amide bonds. The van der Waals surface area contributed by atoms with Gasteiger partial charge in [0.1, 0.15) is 6.61 Å². The first-order chi connectivity index (χ1) is 8.17. The van der Waals surface area contributed by atoms with Crippen molar-refractivity contribution in [1.82, 2.24) is 4.98 Å². The Hall–Kier alpha value is -0.913. The van der Waals surface area contributed by atoms with E-state index in [1.54, 1.807) is 12.3 Å². The van der Waals surface area contributed by atoms with Crippen molar-refractivity contribution in [1.29, 1.82) is 0 Å². The van der Waals surface area contributed by atoms with Gasteiger partial charge in [0.2, 0.25) is 0 Å². The summed E-state index contributed by atoms with van der Waals surface area (Å²) in [7, 11) is -1.77. The zero-order valence-electron chi connectivity index (χ0n) is 11.8. The van der Waals surface area contributed by atoms with E-state index in [0.717, 1.165) is 5.69 Å². The normalized spacial score (nSPS) is 12.8. The lowest BCUT2D eigenvalue weighted by Gasteiger charge is -2.36. The maximum atomic E-state index is 11.3. The van der Waals surface area contributed by atoms with Crippen molar-refractivity contribution in [3.8, 4) is 0 Å². The molecule has 4 nitrogen and oxygen atoms in total. The molecule has 1 rings (SSSR count). The number of rotatable bonds is 5. The molecule has 1 aromatic heterocycles. The molecule has 0 aliphatic rings. The Kier molecular flexibility index (Phi) is 4.53. The monoisotopic (exact) mass is 269 g/mol. The molecule has 5 heteroatoms. The molecule has 0 spiro atoms. The van der Waals surface area contributed by atoms with E-state index in [1.807, 2.05) is 0 Å². The Morgan fingerprint density at radius 2 is 2.06 bits per heavy atom. The van der Waals surface area contributed by atoms with E-state index in [1.165, 1.54) is 0 Å². The molecule has 0 radical (unpaired) electrons. The van der Waals surface area contributed by atoms with Crippen LogP contribution in [0, 0.1) is 0 Å². The van der Waals surface area contributed by atoms with Crippen LogP contribution in [0.2, 0.25) is 18.1 Å². The van der Waals surface area contributed by atoms with E-state index < -0.39 is 14.9 Å². The summed E-state index contributed by atoms with van der Waals surface area (Å²) < 4.78 is 6.04. The lowest BCUT2D eigenvalue weighted by molar-refractivity contribution is 0.0904. The number of H-pyrrole nitrogens is 1. The molecular weight excluding hydrogens is 246 g/mol. The van der Waals surface area contributed by atoms with Crippen molar-refractivity contribution < 1.29 is 14.3 Å². The van der Waals surface area contributed by atoms with Gasteiger partial charge < -0.3 is 14.5 Å². The first kappa shape index (κ1) is 15.1. The predicted molar refractivity (Wildman–Crippen MR) is 74.2 cm³/mol. The molecule has 2 N–H and O–H groups in total. The Bertz CT molecular complexity index is 418. The van der Waals surface area contributed by atoms with Gasteiger partial charge in [-0.1, -0.05) is 20.8 Å². The highest BCUT2D eigenvalue weighted by molar-refractivity contribution is 6.74. The smallest absolute Gasteiger partial charge is 0.192 e. The standard InChI is InChI=1S/C13H23NO3Si/c1-13(2,3)18(4,5)17-9-11-6-10(7-14-11)12(16)8-15/h6-7,14-15H,8-9H2,1-5H3. The number of aromatic nitrogens is 1. The summed E-state index contributed by atoms with van der Waals surface area (Å²) in [4.78, 5) is 14.3. The largest absolute Gasteiger partial charge is 0.411 e. The molecule has 18 heavy (non-hydrogen) atoms. The highest BCUT2D eigenvalue weighted by Gasteiger charge is 2.37. The van der Waals surface area contributed by atoms with Gasteiger partial charge in [0.15, 0.2) is 14.1 Å². The minimum absolute atomic E-state index is 0.170. The molecule has 0 saturated heterocycles. The Morgan fingerprint density at radius 3 is 2.56 bits per heavy atom. The van der Waals surface area contributed by atoms with Crippen molar-refractivity contribution in [2.24, 2.45) is 0 Å². The summed E-state index contributed by atoms with van der Waals surface area (Å²) in [6.07, 6.45) is 1.61. The minimum atomic E-state index is -1.77. The number of Topliss-reactive ketones (excluding diaryl/α,β-unsaturated/α-hetero) is 1. The molecule has 102 valence electrons. The summed E-state index contributed by atoms with van der Waals surface area (Å²) in [6.45, 7) is 11.0. The molecule has 1 aromatic rings. The van der Waals surface area contributed by atoms with Crippen LogP contribution in [-0.4, -0.2) is 30.8 Å². The van der Waals surface area contributed by atoms with Crippen molar-refractivity contribution in [2.75, 3.05) is 6.61 Å². The van der Waals surface area contributed by atoms with Crippen LogP contribution >= 0.6 is 0 Å². The number of hydrogen-bond acceptors (Lipinski definition) is 3. The van der Waals surface area contributed by atoms with E-state index in [-0.39, 0.29) is 10.8 Å². The number of nitrogens with one attached hydrogen (secondary N) is 1. The number of aromatic amines is 1. The van der Waals surface area contributed by atoms with Gasteiger partial charge in [0, 0.05) is 17.5 Å². The van der Waals surface area contributed by atoms with Gasteiger partial charge in [-0.25, -0.2) is 0 Å². The fourth-order valence-electron chi connectivity index (χ4n) is 1.25. The fraction of sp³-hybridized carbons (Fsp3) is 0.615. The third-order valence-electron chi connectivity index (χ3n) is 3.60. The Balaban J connectivity index is 2.65. The third kappa shape index (κ3) is 3.54. The molecule has 0 aliphatic carbocycles. The molecular formula is C13H23NO3Si. The van der Waals surface area contributed by atoms with Gasteiger partial charge in [0.25, 0.3) is 0 Å². The third-order valence-corrected chi connectivity index (χ3v) is 8.08. The highest BCUT2D eigenvalue weighted by Crippen LogP contribution is 2.36. The van der Waals surface area contributed by atoms with Crippen LogP contribution in [0.4, 0.5) is 0 Å². The number of carbonyl (C=O) groups is 1. The van der Waals surface area contributed by atoms with E-state index in [0.29, 0.717) is 12.2 Å². The minimum Gasteiger partial charge on any atom is -0.411 e. The molecule has 0 bridgehead atoms. The lowest BCUT2D eigenvalue weighted by Crippen LogP contribution is -2.40. The molecule has 0 atom stereocenters. The topological polar surface area (TPSA) is 62.3 Å². The van der Waals surface area contributed by atoms with Crippen LogP contribution in [-0.2, 0) is 11.0 Å². The Morgan fingerprint density at radius 1 is 1.44 bits per heavy atom. The van der Waals surface area contributed by atoms with Crippen molar-refractivity contribution in [2.45, 2.75) is 45.5 Å². The van der Waals surface area contributed by atoms with E-state index >= 15 is 0 Å². The molecule has 0 aromatic carbocycles. The molecule has 0 saturated carbocycles. The van der Waals surface area contributed by atoms with E-state index in [9.17, 15) is 4.79 Å². The van der Waals surface area contributed by atoms with Crippen LogP contribution in [0.5, 0.6) is 0 Å². The van der Waals surface area contributed by atoms with Gasteiger partial charge >= 0.3 is 0 Å². The second-order valence-corrected chi connectivity index (χ2v) is 10.9. The quantitative estimate of drug-likeness (QED) is 0.638. The summed E-state index contributed by atoms with van der Waals surface area (Å²) in [6, 6.07) is 1.74. The number of aliphatic hydroxyl groups excluding tert-OH is 1. The average molecular weight is 269 g/mol. The second kappa shape index (κ2) is 5.38. The summed E-state index contributed by atoms with van der Waals surface area (Å²) in [5, 5.41) is 8.95. The average Bonchev–Trinajstić information content (AvgIpc) is 2.72. The summed E-state index contributed by atoms with van der Waals surface area (Å²) in [5.74, 6) is -0.273. The second-order valence-electron chi connectivity index (χ2n) is 6.04. The first-order valence-corrected chi connectivity index (χ1v) is 9.03. The predicted octanol–water partition coefficient (Wildman–Crippen LogP) is 2.71. The lowest BCUT2D eigenvalue weighted by atomic mass is 10.2. The van der Waals surface area contributed by atoms with Crippen LogP contribution < -0.4 is 0 Å². The first-order valence-electron chi connectivity index (χ1n) is 6.12. The van der Waals surface area contributed by atoms with Crippen LogP contribution in [0.15, 0.2) is 12.3 Å². The molecule has 1 heterocycles. The maximum Gasteiger partial charge on any atom is 0.192 e. The number of ketones is 1. The van der Waals surface area contributed by atoms with Gasteiger partial charge in [-0.15, -0.1) is 0 Å². The summed E-state index contributed by atoms with van der Waals surface area (Å²) >= 11 is 0. The SMILES string of the molecule is CC(C)(C)[Si](C)(C)OCc1cc(C(=O)CO)c[nH]1. The van der Waals surface area contributed by atoms with Gasteiger partial charge in [0.05, 0.1) is 6.61 Å². The van der Waals surface area contributed by atoms with Gasteiger partial charge in [-0.2, -0.15) is 0 Å². The molecule has 0 aliphatic heterocycles. The number of aliphatic hydroxyl groups is 1. The molecule has 0 fully saturated rings. The van der Waals surface area contributed by atoms with E-state index in [4.69, 9.17) is 9.53 Å². The Labute approximate surface area is 109 Å². The van der Waals surface area contributed by atoms with Crippen molar-refractivity contribution in [3.05, 3.63) is 23.5 Å². The molecule has 0 unspecified atom stereocenters. The van der Waals surface area contributed by atoms with E-state index in [2.05, 4.69) is 38.8 Å². The van der Waals surface area contributed by atoms with Crippen molar-refractivity contribution >= 4 is 14.1 Å². The fourth-order valence-corrected chi connectivity index (χ4v) is 2.20. The number of hydrogen-bond donors (Lipinski definition) is 2. The highest BCUT2D eigenvalue weighted by atomic mass is 28.4. The van der Waals surface area contributed by atoms with Crippen LogP contribution in [0.1, 0.15) is 36.8 Å². The summed E-state index contributed by atoms with van der Waals surface area (Å²) in [5.41, 5.74) is 1.38. The maximum absolute atomic E-state index is 11.3.